The Morgan fingerprint density at radius 2 is 1.66 bits per heavy atom. The van der Waals surface area contributed by atoms with Crippen LogP contribution in [0.5, 0.6) is 28.7 Å². The smallest absolute Gasteiger partial charge is 0.310 e. The molecule has 0 radical (unpaired) electrons. The number of benzene rings is 3. The van der Waals surface area contributed by atoms with Crippen molar-refractivity contribution in [1.29, 1.82) is 0 Å². The Bertz CT molecular complexity index is 1500. The van der Waals surface area contributed by atoms with E-state index in [0.717, 1.165) is 16.7 Å². The molecule has 41 heavy (non-hydrogen) atoms. The van der Waals surface area contributed by atoms with Gasteiger partial charge in [-0.3, -0.25) is 9.59 Å². The van der Waals surface area contributed by atoms with Gasteiger partial charge in [-0.15, -0.1) is 0 Å². The highest BCUT2D eigenvalue weighted by atomic mass is 16.8. The normalized spacial score (nSPS) is 22.7. The third-order valence-corrected chi connectivity index (χ3v) is 7.89. The summed E-state index contributed by atoms with van der Waals surface area (Å²) in [5, 5.41) is 22.8. The van der Waals surface area contributed by atoms with Crippen molar-refractivity contribution in [3.63, 3.8) is 0 Å². The Morgan fingerprint density at radius 1 is 0.976 bits per heavy atom. The van der Waals surface area contributed by atoms with Crippen LogP contribution in [0.1, 0.15) is 39.0 Å². The highest BCUT2D eigenvalue weighted by Gasteiger charge is 2.53. The van der Waals surface area contributed by atoms with E-state index in [1.807, 2.05) is 12.1 Å². The predicted octanol–water partition coefficient (Wildman–Crippen LogP) is 2.25. The Morgan fingerprint density at radius 3 is 2.29 bits per heavy atom. The maximum atomic E-state index is 13.5. The number of amides is 1. The molecule has 3 aliphatic rings. The van der Waals surface area contributed by atoms with E-state index < -0.39 is 40.9 Å². The molecule has 3 aromatic rings. The number of rotatable bonds is 7. The van der Waals surface area contributed by atoms with E-state index in [9.17, 15) is 20.0 Å². The lowest BCUT2D eigenvalue weighted by Crippen LogP contribution is -2.99. The molecule has 5 atom stereocenters. The van der Waals surface area contributed by atoms with Crippen LogP contribution in [-0.4, -0.2) is 51.8 Å². The van der Waals surface area contributed by atoms with Gasteiger partial charge in [0.15, 0.2) is 28.7 Å². The van der Waals surface area contributed by atoms with Gasteiger partial charge < -0.3 is 38.9 Å². The molecule has 1 unspecified atom stereocenters. The second kappa shape index (κ2) is 10.5. The molecule has 1 saturated heterocycles. The van der Waals surface area contributed by atoms with Gasteiger partial charge in [-0.25, -0.2) is 5.21 Å². The Balaban J connectivity index is 1.49. The van der Waals surface area contributed by atoms with E-state index in [2.05, 4.69) is 5.32 Å². The molecule has 3 aromatic carbocycles. The number of nitrogens with one attached hydrogen (secondary N) is 2. The molecule has 6 rings (SSSR count). The summed E-state index contributed by atoms with van der Waals surface area (Å²) in [6.07, 6.45) is 0. The van der Waals surface area contributed by atoms with Crippen LogP contribution in [0.3, 0.4) is 0 Å². The van der Waals surface area contributed by atoms with Gasteiger partial charge in [0.05, 0.1) is 39.9 Å². The van der Waals surface area contributed by atoms with Crippen LogP contribution in [0, 0.1) is 17.0 Å². The van der Waals surface area contributed by atoms with E-state index in [0.29, 0.717) is 28.7 Å². The van der Waals surface area contributed by atoms with E-state index in [4.69, 9.17) is 28.4 Å². The van der Waals surface area contributed by atoms with Gasteiger partial charge in [0, 0.05) is 29.5 Å². The molecule has 214 valence electrons. The number of carbonyl (C=O) groups excluding carboxylic acids is 2. The minimum absolute atomic E-state index is 0.00946. The van der Waals surface area contributed by atoms with Gasteiger partial charge >= 0.3 is 5.97 Å². The van der Waals surface area contributed by atoms with Gasteiger partial charge in [-0.05, 0) is 47.0 Å². The van der Waals surface area contributed by atoms with Gasteiger partial charge in [0.25, 0.3) is 5.91 Å². The maximum Gasteiger partial charge on any atom is 0.310 e. The lowest BCUT2D eigenvalue weighted by Gasteiger charge is -2.39. The first-order chi connectivity index (χ1) is 19.8. The topological polar surface area (TPSA) is 149 Å². The molecule has 0 aromatic heterocycles. The van der Waals surface area contributed by atoms with E-state index in [-0.39, 0.29) is 24.7 Å². The number of hydrogen-bond donors (Lipinski definition) is 3. The van der Waals surface area contributed by atoms with Crippen LogP contribution in [-0.2, 0) is 9.53 Å². The largest absolute Gasteiger partial charge is 0.595 e. The minimum Gasteiger partial charge on any atom is -0.595 e. The summed E-state index contributed by atoms with van der Waals surface area (Å²) in [6, 6.07) is 12.4. The number of methoxy groups -OCH3 is 3. The Kier molecular flexibility index (Phi) is 6.81. The standard InChI is InChI=1S/C29H28N2O10/c1-36-22-8-15(9-23(37-2)27(22)38-3)24-17-10-20-21(41-13-40-20)11-18(17)26(19-12-39-29(33)25(19)24)30-28(32)14-5-4-6-16(7-14)31(34)35/h4-11,19,24-26,31,34H,12-13H2,1-3H3,(H,30,32)/t19-,24+,25-,26+/m0/s1. The van der Waals surface area contributed by atoms with E-state index in [1.165, 1.54) is 45.6 Å². The number of carbonyl (C=O) groups is 2. The van der Waals surface area contributed by atoms with E-state index >= 15 is 0 Å². The molecule has 0 bridgehead atoms. The number of ether oxygens (including phenoxy) is 6. The lowest BCUT2D eigenvalue weighted by molar-refractivity contribution is -0.991. The van der Waals surface area contributed by atoms with Crippen LogP contribution < -0.4 is 34.2 Å². The fraction of sp³-hybridized carbons (Fsp3) is 0.310. The minimum atomic E-state index is -1.14. The quantitative estimate of drug-likeness (QED) is 0.288. The zero-order chi connectivity index (χ0) is 28.8. The molecule has 0 saturated carbocycles. The van der Waals surface area contributed by atoms with Crippen LogP contribution >= 0.6 is 0 Å². The van der Waals surface area contributed by atoms with Crippen LogP contribution in [0.25, 0.3) is 0 Å². The molecule has 12 heteroatoms. The molecule has 1 fully saturated rings. The SMILES string of the molecule is COc1cc([C@@H]2c3cc4c(cc3[C@@H](NC(=O)c3cccc([NH+]([O-])O)c3)[C@H]3COC(=O)[C@H]23)OCO4)cc(OC)c1OC. The highest BCUT2D eigenvalue weighted by Crippen LogP contribution is 2.55. The highest BCUT2D eigenvalue weighted by molar-refractivity contribution is 5.95. The van der Waals surface area contributed by atoms with E-state index in [1.54, 1.807) is 12.1 Å². The first-order valence-electron chi connectivity index (χ1n) is 12.9. The summed E-state index contributed by atoms with van der Waals surface area (Å²) >= 11 is 0. The summed E-state index contributed by atoms with van der Waals surface area (Å²) in [5.41, 5.74) is 2.38. The number of fused-ring (bicyclic) bond motifs is 3. The molecule has 1 aliphatic carbocycles. The fourth-order valence-electron chi connectivity index (χ4n) is 6.05. The molecular formula is C29H28N2O10. The fourth-order valence-corrected chi connectivity index (χ4v) is 6.05. The van der Waals surface area contributed by atoms with Crippen molar-refractivity contribution >= 4 is 17.6 Å². The second-order valence-electron chi connectivity index (χ2n) is 9.93. The first-order valence-corrected chi connectivity index (χ1v) is 12.9. The maximum absolute atomic E-state index is 13.5. The zero-order valence-electron chi connectivity index (χ0n) is 22.5. The molecule has 2 aliphatic heterocycles. The van der Waals surface area contributed by atoms with Crippen molar-refractivity contribution in [2.45, 2.75) is 12.0 Å². The average molecular weight is 565 g/mol. The molecular weight excluding hydrogens is 536 g/mol. The molecule has 2 heterocycles. The monoisotopic (exact) mass is 564 g/mol. The zero-order valence-corrected chi connectivity index (χ0v) is 22.5. The molecule has 12 nitrogen and oxygen atoms in total. The van der Waals surface area contributed by atoms with Gasteiger partial charge in [0.2, 0.25) is 12.5 Å². The van der Waals surface area contributed by atoms with Crippen molar-refractivity contribution in [2.24, 2.45) is 11.8 Å². The average Bonchev–Trinajstić information content (AvgIpc) is 3.61. The lowest BCUT2D eigenvalue weighted by atomic mass is 9.65. The summed E-state index contributed by atoms with van der Waals surface area (Å²) in [6.45, 7) is 0.124. The van der Waals surface area contributed by atoms with Gasteiger partial charge in [-0.2, -0.15) is 5.23 Å². The number of esters is 1. The first kappa shape index (κ1) is 26.7. The molecule has 1 amide bonds. The van der Waals surface area contributed by atoms with Gasteiger partial charge in [0.1, 0.15) is 0 Å². The molecule has 0 spiro atoms. The van der Waals surface area contributed by atoms with Crippen molar-refractivity contribution < 1.29 is 48.4 Å². The summed E-state index contributed by atoms with van der Waals surface area (Å²) in [5.74, 6) is -0.172. The third kappa shape index (κ3) is 4.46. The van der Waals surface area contributed by atoms with Crippen molar-refractivity contribution in [3.05, 3.63) is 76.0 Å². The summed E-state index contributed by atoms with van der Waals surface area (Å²) in [7, 11) is 4.55. The van der Waals surface area contributed by atoms with Crippen LogP contribution in [0.2, 0.25) is 0 Å². The van der Waals surface area contributed by atoms with Crippen molar-refractivity contribution in [1.82, 2.24) is 5.32 Å². The number of quaternary nitrogens is 1. The molecule has 3 N–H and O–H groups in total. The Hall–Kier alpha value is -4.52. The van der Waals surface area contributed by atoms with Crippen LogP contribution in [0.4, 0.5) is 5.69 Å². The third-order valence-electron chi connectivity index (χ3n) is 7.89. The van der Waals surface area contributed by atoms with Gasteiger partial charge in [-0.1, -0.05) is 6.07 Å². The summed E-state index contributed by atoms with van der Waals surface area (Å²) in [4.78, 5) is 26.8. The number of cyclic esters (lactones) is 1. The second-order valence-corrected chi connectivity index (χ2v) is 9.93. The predicted molar refractivity (Wildman–Crippen MR) is 141 cm³/mol. The van der Waals surface area contributed by atoms with Crippen LogP contribution in [0.15, 0.2) is 48.5 Å². The van der Waals surface area contributed by atoms with Crippen molar-refractivity contribution in [3.8, 4) is 28.7 Å². The van der Waals surface area contributed by atoms with Crippen molar-refractivity contribution in [2.75, 3.05) is 34.7 Å². The number of hydrogen-bond acceptors (Lipinski definition) is 10. The Labute approximate surface area is 234 Å². The summed E-state index contributed by atoms with van der Waals surface area (Å²) < 4.78 is 33.6.